The zero-order valence-corrected chi connectivity index (χ0v) is 17.8. The number of aromatic hydroxyl groups is 1. The van der Waals surface area contributed by atoms with E-state index in [9.17, 15) is 9.90 Å². The summed E-state index contributed by atoms with van der Waals surface area (Å²) in [6.07, 6.45) is 2.75. The fourth-order valence-corrected chi connectivity index (χ4v) is 4.83. The van der Waals surface area contributed by atoms with Crippen molar-refractivity contribution in [3.63, 3.8) is 0 Å². The molecule has 6 nitrogen and oxygen atoms in total. The van der Waals surface area contributed by atoms with Crippen molar-refractivity contribution in [1.29, 1.82) is 0 Å². The third kappa shape index (κ3) is 3.19. The van der Waals surface area contributed by atoms with Crippen LogP contribution in [0, 0.1) is 0 Å². The fourth-order valence-electron chi connectivity index (χ4n) is 4.83. The number of phenolic OH excluding ortho intramolecular Hbond substituents is 1. The van der Waals surface area contributed by atoms with E-state index < -0.39 is 0 Å². The molecule has 3 N–H and O–H groups in total. The molecule has 0 spiro atoms. The van der Waals surface area contributed by atoms with Gasteiger partial charge >= 0.3 is 0 Å². The first-order chi connectivity index (χ1) is 16.2. The molecule has 1 aliphatic rings. The van der Waals surface area contributed by atoms with E-state index in [1.54, 1.807) is 12.1 Å². The summed E-state index contributed by atoms with van der Waals surface area (Å²) in [4.78, 5) is 18.7. The van der Waals surface area contributed by atoms with Gasteiger partial charge in [-0.05, 0) is 35.7 Å². The van der Waals surface area contributed by atoms with Gasteiger partial charge in [0.1, 0.15) is 11.4 Å². The minimum atomic E-state index is -0.285. The summed E-state index contributed by atoms with van der Waals surface area (Å²) in [5, 5.41) is 18.5. The molecule has 5 aromatic rings. The number of amides is 1. The highest BCUT2D eigenvalue weighted by molar-refractivity contribution is 6.00. The Kier molecular flexibility index (Phi) is 4.50. The highest BCUT2D eigenvalue weighted by Gasteiger charge is 2.41. The molecule has 0 saturated carbocycles. The lowest BCUT2D eigenvalue weighted by atomic mass is 9.96. The smallest absolute Gasteiger partial charge is 0.273 e. The molecule has 0 radical (unpaired) electrons. The van der Waals surface area contributed by atoms with Crippen LogP contribution in [0.1, 0.15) is 33.2 Å². The van der Waals surface area contributed by atoms with E-state index in [2.05, 4.69) is 27.3 Å². The Bertz CT molecular complexity index is 1450. The van der Waals surface area contributed by atoms with Gasteiger partial charge in [0, 0.05) is 34.8 Å². The van der Waals surface area contributed by atoms with E-state index in [0.717, 1.165) is 34.3 Å². The Balaban J connectivity index is 1.41. The first kappa shape index (κ1) is 19.4. The molecule has 1 atom stereocenters. The van der Waals surface area contributed by atoms with Crippen molar-refractivity contribution in [2.75, 3.05) is 6.54 Å². The van der Waals surface area contributed by atoms with Gasteiger partial charge in [-0.1, -0.05) is 60.7 Å². The zero-order valence-electron chi connectivity index (χ0n) is 17.8. The van der Waals surface area contributed by atoms with Crippen molar-refractivity contribution in [3.05, 3.63) is 107 Å². The van der Waals surface area contributed by atoms with Gasteiger partial charge in [0.15, 0.2) is 0 Å². The Morgan fingerprint density at radius 3 is 2.52 bits per heavy atom. The topological polar surface area (TPSA) is 85.0 Å². The van der Waals surface area contributed by atoms with Gasteiger partial charge in [0.05, 0.1) is 11.7 Å². The highest BCUT2D eigenvalue weighted by atomic mass is 16.3. The number of aromatic nitrogens is 3. The maximum absolute atomic E-state index is 13.5. The second-order valence-corrected chi connectivity index (χ2v) is 8.33. The number of nitrogens with zero attached hydrogens (tertiary/aromatic N) is 2. The number of nitrogens with one attached hydrogen (secondary N) is 2. The van der Waals surface area contributed by atoms with Crippen molar-refractivity contribution >= 4 is 16.8 Å². The van der Waals surface area contributed by atoms with Gasteiger partial charge in [-0.3, -0.25) is 9.89 Å². The number of phenols is 1. The number of aromatic amines is 2. The number of benzene rings is 3. The zero-order chi connectivity index (χ0) is 22.4. The summed E-state index contributed by atoms with van der Waals surface area (Å²) in [7, 11) is 0. The van der Waals surface area contributed by atoms with Crippen LogP contribution in [0.2, 0.25) is 0 Å². The van der Waals surface area contributed by atoms with Crippen LogP contribution in [-0.4, -0.2) is 37.6 Å². The molecule has 33 heavy (non-hydrogen) atoms. The average molecular weight is 434 g/mol. The van der Waals surface area contributed by atoms with Gasteiger partial charge in [0.25, 0.3) is 5.91 Å². The molecule has 0 fully saturated rings. The van der Waals surface area contributed by atoms with Gasteiger partial charge in [0.2, 0.25) is 0 Å². The third-order valence-electron chi connectivity index (χ3n) is 6.42. The summed E-state index contributed by atoms with van der Waals surface area (Å²) in [5.41, 5.74) is 6.38. The highest BCUT2D eigenvalue weighted by Crippen LogP contribution is 2.43. The van der Waals surface area contributed by atoms with E-state index in [1.165, 1.54) is 10.9 Å². The number of H-pyrrole nitrogens is 2. The molecule has 1 amide bonds. The Morgan fingerprint density at radius 2 is 1.70 bits per heavy atom. The van der Waals surface area contributed by atoms with Gasteiger partial charge in [-0.2, -0.15) is 5.10 Å². The van der Waals surface area contributed by atoms with Crippen molar-refractivity contribution in [3.8, 4) is 17.0 Å². The Hall–Kier alpha value is -4.32. The molecule has 6 heteroatoms. The number of carbonyl (C=O) groups excluding carboxylic acids is 1. The first-order valence-corrected chi connectivity index (χ1v) is 11.0. The lowest BCUT2D eigenvalue weighted by Gasteiger charge is -2.26. The molecular weight excluding hydrogens is 412 g/mol. The summed E-state index contributed by atoms with van der Waals surface area (Å²) in [6.45, 7) is 0.559. The van der Waals surface area contributed by atoms with E-state index in [4.69, 9.17) is 0 Å². The molecule has 1 unspecified atom stereocenters. The van der Waals surface area contributed by atoms with Gasteiger partial charge in [-0.15, -0.1) is 0 Å². The molecule has 3 heterocycles. The SMILES string of the molecule is O=C1c2[nH]nc(-c3ccccc3)c2C(c2ccc(O)cc2)N1CCc1c[nH]c2ccccc12. The summed E-state index contributed by atoms with van der Waals surface area (Å²) in [6, 6.07) is 24.9. The van der Waals surface area contributed by atoms with Crippen LogP contribution in [0.5, 0.6) is 5.75 Å². The molecule has 0 bridgehead atoms. The number of fused-ring (bicyclic) bond motifs is 2. The standard InChI is InChI=1S/C27H22N4O2/c32-20-12-10-18(11-13-20)26-23-24(17-6-2-1-3-7-17)29-30-25(23)27(33)31(26)15-14-19-16-28-22-9-5-4-8-21(19)22/h1-13,16,26,28,32H,14-15H2,(H,29,30). The number of rotatable bonds is 5. The Morgan fingerprint density at radius 1 is 0.939 bits per heavy atom. The maximum atomic E-state index is 13.5. The molecule has 0 saturated heterocycles. The number of hydrogen-bond donors (Lipinski definition) is 3. The Labute approximate surface area is 190 Å². The first-order valence-electron chi connectivity index (χ1n) is 11.0. The molecule has 2 aromatic heterocycles. The summed E-state index contributed by atoms with van der Waals surface area (Å²) < 4.78 is 0. The summed E-state index contributed by atoms with van der Waals surface area (Å²) >= 11 is 0. The lowest BCUT2D eigenvalue weighted by Crippen LogP contribution is -2.31. The average Bonchev–Trinajstić information content (AvgIpc) is 3.53. The summed E-state index contributed by atoms with van der Waals surface area (Å²) in [5.74, 6) is 0.140. The van der Waals surface area contributed by atoms with Gasteiger partial charge in [-0.25, -0.2) is 0 Å². The van der Waals surface area contributed by atoms with E-state index in [-0.39, 0.29) is 17.7 Å². The number of carbonyl (C=O) groups is 1. The van der Waals surface area contributed by atoms with E-state index in [1.807, 2.05) is 65.7 Å². The minimum absolute atomic E-state index is 0.0578. The maximum Gasteiger partial charge on any atom is 0.273 e. The molecule has 6 rings (SSSR count). The molecule has 162 valence electrons. The predicted octanol–water partition coefficient (Wildman–Crippen LogP) is 5.05. The number of hydrogen-bond acceptors (Lipinski definition) is 3. The fraction of sp³-hybridized carbons (Fsp3) is 0.111. The van der Waals surface area contributed by atoms with E-state index >= 15 is 0 Å². The minimum Gasteiger partial charge on any atom is -0.508 e. The van der Waals surface area contributed by atoms with Gasteiger partial charge < -0.3 is 15.0 Å². The van der Waals surface area contributed by atoms with Crippen LogP contribution in [0.15, 0.2) is 85.1 Å². The van der Waals surface area contributed by atoms with Crippen LogP contribution in [0.3, 0.4) is 0 Å². The van der Waals surface area contributed by atoms with Crippen molar-refractivity contribution < 1.29 is 9.90 Å². The van der Waals surface area contributed by atoms with E-state index in [0.29, 0.717) is 12.2 Å². The normalized spacial score (nSPS) is 15.3. The molecule has 1 aliphatic heterocycles. The van der Waals surface area contributed by atoms with Crippen LogP contribution in [0.25, 0.3) is 22.2 Å². The van der Waals surface area contributed by atoms with Crippen LogP contribution < -0.4 is 0 Å². The van der Waals surface area contributed by atoms with Crippen molar-refractivity contribution in [2.45, 2.75) is 12.5 Å². The van der Waals surface area contributed by atoms with Crippen molar-refractivity contribution in [2.24, 2.45) is 0 Å². The van der Waals surface area contributed by atoms with Crippen LogP contribution >= 0.6 is 0 Å². The monoisotopic (exact) mass is 434 g/mol. The quantitative estimate of drug-likeness (QED) is 0.362. The lowest BCUT2D eigenvalue weighted by molar-refractivity contribution is 0.0746. The third-order valence-corrected chi connectivity index (χ3v) is 6.42. The van der Waals surface area contributed by atoms with Crippen molar-refractivity contribution in [1.82, 2.24) is 20.1 Å². The second kappa shape index (κ2) is 7.67. The molecular formula is C27H22N4O2. The molecule has 0 aliphatic carbocycles. The van der Waals surface area contributed by atoms with Crippen LogP contribution in [-0.2, 0) is 6.42 Å². The van der Waals surface area contributed by atoms with Crippen LogP contribution in [0.4, 0.5) is 0 Å². The largest absolute Gasteiger partial charge is 0.508 e. The molecule has 3 aromatic carbocycles. The second-order valence-electron chi connectivity index (χ2n) is 8.33. The number of para-hydroxylation sites is 1. The predicted molar refractivity (Wildman–Crippen MR) is 127 cm³/mol.